The minimum atomic E-state index is -0.787. The molecule has 1 unspecified atom stereocenters. The smallest absolute Gasteiger partial charge is 0.306 e. The average Bonchev–Trinajstić information content (AvgIpc) is 3.41. The van der Waals surface area contributed by atoms with Crippen LogP contribution in [0.25, 0.3) is 0 Å². The van der Waals surface area contributed by atoms with Gasteiger partial charge in [0.25, 0.3) is 0 Å². The van der Waals surface area contributed by atoms with Crippen molar-refractivity contribution in [3.05, 3.63) is 60.8 Å². The zero-order valence-corrected chi connectivity index (χ0v) is 50.1. The van der Waals surface area contributed by atoms with Crippen molar-refractivity contribution in [1.29, 1.82) is 0 Å². The minimum absolute atomic E-state index is 0.0811. The SMILES string of the molecule is CCCCC/C=C\C/C=C\C/C=C\CCCCCCCCC(=O)OC(COC(=O)CCCCCCC/C=C\C/C=C\CCCCCC)COC(=O)CCCCCCCCCCCCCCCCCCCCCCCC. The van der Waals surface area contributed by atoms with Crippen molar-refractivity contribution in [3.63, 3.8) is 0 Å². The van der Waals surface area contributed by atoms with E-state index < -0.39 is 6.10 Å². The van der Waals surface area contributed by atoms with Crippen molar-refractivity contribution in [2.75, 3.05) is 13.2 Å². The lowest BCUT2D eigenvalue weighted by molar-refractivity contribution is -0.167. The Morgan fingerprint density at radius 2 is 0.480 bits per heavy atom. The van der Waals surface area contributed by atoms with Gasteiger partial charge in [-0.1, -0.05) is 293 Å². The summed E-state index contributed by atoms with van der Waals surface area (Å²) in [7, 11) is 0. The Kier molecular flexibility index (Phi) is 61.2. The number of ether oxygens (including phenoxy) is 3. The molecular weight excluding hydrogens is 925 g/mol. The van der Waals surface area contributed by atoms with Gasteiger partial charge < -0.3 is 14.2 Å². The van der Waals surface area contributed by atoms with Crippen LogP contribution in [0, 0.1) is 0 Å². The number of unbranched alkanes of at least 4 members (excludes halogenated alkanes) is 39. The van der Waals surface area contributed by atoms with Gasteiger partial charge in [-0.2, -0.15) is 0 Å². The van der Waals surface area contributed by atoms with Crippen LogP contribution in [0.2, 0.25) is 0 Å². The maximum atomic E-state index is 12.9. The van der Waals surface area contributed by atoms with Crippen molar-refractivity contribution in [2.45, 2.75) is 348 Å². The number of carbonyl (C=O) groups is 3. The second-order valence-corrected chi connectivity index (χ2v) is 22.0. The topological polar surface area (TPSA) is 78.9 Å². The molecule has 0 N–H and O–H groups in total. The first-order chi connectivity index (χ1) is 37.0. The summed E-state index contributed by atoms with van der Waals surface area (Å²) in [5, 5.41) is 0. The summed E-state index contributed by atoms with van der Waals surface area (Å²) in [6.07, 6.45) is 80.8. The van der Waals surface area contributed by atoms with Crippen molar-refractivity contribution in [1.82, 2.24) is 0 Å². The second-order valence-electron chi connectivity index (χ2n) is 22.0. The fourth-order valence-corrected chi connectivity index (χ4v) is 9.54. The summed E-state index contributed by atoms with van der Waals surface area (Å²) in [6.45, 7) is 6.62. The van der Waals surface area contributed by atoms with E-state index in [0.29, 0.717) is 19.3 Å². The third-order valence-electron chi connectivity index (χ3n) is 14.5. The molecule has 0 aliphatic carbocycles. The van der Waals surface area contributed by atoms with E-state index in [-0.39, 0.29) is 31.1 Å². The summed E-state index contributed by atoms with van der Waals surface area (Å²) in [5.41, 5.74) is 0. The third-order valence-corrected chi connectivity index (χ3v) is 14.5. The van der Waals surface area contributed by atoms with E-state index in [1.165, 1.54) is 199 Å². The lowest BCUT2D eigenvalue weighted by atomic mass is 10.0. The van der Waals surface area contributed by atoms with E-state index in [1.54, 1.807) is 0 Å². The maximum Gasteiger partial charge on any atom is 0.306 e. The summed E-state index contributed by atoms with van der Waals surface area (Å²) >= 11 is 0. The Morgan fingerprint density at radius 3 is 0.787 bits per heavy atom. The Morgan fingerprint density at radius 1 is 0.267 bits per heavy atom. The normalized spacial score (nSPS) is 12.4. The van der Waals surface area contributed by atoms with Gasteiger partial charge in [0.05, 0.1) is 0 Å². The molecule has 0 fully saturated rings. The molecule has 0 aromatic heterocycles. The molecule has 0 saturated carbocycles. The van der Waals surface area contributed by atoms with E-state index in [4.69, 9.17) is 14.2 Å². The molecular formula is C69H124O6. The Labute approximate surface area is 466 Å². The summed E-state index contributed by atoms with van der Waals surface area (Å²) in [4.78, 5) is 38.3. The molecule has 6 nitrogen and oxygen atoms in total. The number of hydrogen-bond donors (Lipinski definition) is 0. The largest absolute Gasteiger partial charge is 0.462 e. The third kappa shape index (κ3) is 61.8. The lowest BCUT2D eigenvalue weighted by Crippen LogP contribution is -2.30. The molecule has 0 bridgehead atoms. The Bertz CT molecular complexity index is 1340. The van der Waals surface area contributed by atoms with Crippen LogP contribution < -0.4 is 0 Å². The molecule has 0 spiro atoms. The molecule has 0 aromatic rings. The maximum absolute atomic E-state index is 12.9. The monoisotopic (exact) mass is 1050 g/mol. The lowest BCUT2D eigenvalue weighted by Gasteiger charge is -2.18. The fourth-order valence-electron chi connectivity index (χ4n) is 9.54. The van der Waals surface area contributed by atoms with Crippen LogP contribution in [-0.4, -0.2) is 37.2 Å². The molecule has 0 aromatic carbocycles. The molecule has 1 atom stereocenters. The summed E-state index contributed by atoms with van der Waals surface area (Å²) in [6, 6.07) is 0. The zero-order chi connectivity index (χ0) is 54.3. The minimum Gasteiger partial charge on any atom is -0.462 e. The average molecular weight is 1050 g/mol. The van der Waals surface area contributed by atoms with Crippen molar-refractivity contribution in [2.24, 2.45) is 0 Å². The van der Waals surface area contributed by atoms with Gasteiger partial charge in [0.1, 0.15) is 13.2 Å². The molecule has 0 rings (SSSR count). The zero-order valence-electron chi connectivity index (χ0n) is 50.1. The number of hydrogen-bond acceptors (Lipinski definition) is 6. The van der Waals surface area contributed by atoms with Gasteiger partial charge in [-0.05, 0) is 89.9 Å². The summed E-state index contributed by atoms with van der Waals surface area (Å²) in [5.74, 6) is -0.889. The van der Waals surface area contributed by atoms with Gasteiger partial charge in [0.2, 0.25) is 0 Å². The number of rotatable bonds is 60. The Balaban J connectivity index is 4.36. The van der Waals surface area contributed by atoms with Gasteiger partial charge in [0, 0.05) is 19.3 Å². The van der Waals surface area contributed by atoms with Crippen LogP contribution in [0.5, 0.6) is 0 Å². The van der Waals surface area contributed by atoms with Crippen LogP contribution in [0.15, 0.2) is 60.8 Å². The summed E-state index contributed by atoms with van der Waals surface area (Å²) < 4.78 is 16.9. The van der Waals surface area contributed by atoms with Crippen LogP contribution in [0.3, 0.4) is 0 Å². The predicted octanol–water partition coefficient (Wildman–Crippen LogP) is 22.3. The van der Waals surface area contributed by atoms with Crippen LogP contribution in [0.1, 0.15) is 342 Å². The first-order valence-corrected chi connectivity index (χ1v) is 32.8. The fraction of sp³-hybridized carbons (Fsp3) is 0.812. The molecule has 0 aliphatic heterocycles. The molecule has 0 radical (unpaired) electrons. The second kappa shape index (κ2) is 63.6. The highest BCUT2D eigenvalue weighted by Gasteiger charge is 2.19. The predicted molar refractivity (Wildman–Crippen MR) is 325 cm³/mol. The highest BCUT2D eigenvalue weighted by Crippen LogP contribution is 2.17. The van der Waals surface area contributed by atoms with Gasteiger partial charge >= 0.3 is 17.9 Å². The molecule has 0 amide bonds. The highest BCUT2D eigenvalue weighted by molar-refractivity contribution is 5.71. The highest BCUT2D eigenvalue weighted by atomic mass is 16.6. The van der Waals surface area contributed by atoms with Crippen molar-refractivity contribution in [3.8, 4) is 0 Å². The first-order valence-electron chi connectivity index (χ1n) is 32.8. The van der Waals surface area contributed by atoms with Gasteiger partial charge in [0.15, 0.2) is 6.10 Å². The van der Waals surface area contributed by atoms with Gasteiger partial charge in [-0.15, -0.1) is 0 Å². The molecule has 436 valence electrons. The van der Waals surface area contributed by atoms with Gasteiger partial charge in [-0.3, -0.25) is 14.4 Å². The quantitative estimate of drug-likeness (QED) is 0.0261. The number of esters is 3. The molecule has 0 heterocycles. The van der Waals surface area contributed by atoms with Crippen LogP contribution in [-0.2, 0) is 28.6 Å². The first kappa shape index (κ1) is 72.1. The number of allylic oxidation sites excluding steroid dienone is 10. The van der Waals surface area contributed by atoms with E-state index in [9.17, 15) is 14.4 Å². The van der Waals surface area contributed by atoms with Crippen molar-refractivity contribution < 1.29 is 28.6 Å². The van der Waals surface area contributed by atoms with Crippen LogP contribution in [0.4, 0.5) is 0 Å². The standard InChI is InChI=1S/C69H124O6/c1-4-7-10-13-16-19-22-25-28-31-33-34-35-37-38-41-44-47-50-53-56-59-62-68(71)74-65-66(64-73-67(70)61-58-55-52-49-46-43-40-30-27-24-21-18-15-12-9-6-3)75-69(72)63-60-57-54-51-48-45-42-39-36-32-29-26-23-20-17-14-11-8-5-2/h17,20-21,24,26,29-30,36,39-40,66H,4-16,18-19,22-23,25,27-28,31-35,37-38,41-65H2,1-3H3/b20-17-,24-21-,29-26-,39-36-,40-30-. The van der Waals surface area contributed by atoms with Crippen molar-refractivity contribution >= 4 is 17.9 Å². The van der Waals surface area contributed by atoms with Gasteiger partial charge in [-0.25, -0.2) is 0 Å². The van der Waals surface area contributed by atoms with E-state index in [1.807, 2.05) is 0 Å². The van der Waals surface area contributed by atoms with E-state index in [2.05, 4.69) is 81.5 Å². The number of carbonyl (C=O) groups excluding carboxylic acids is 3. The van der Waals surface area contributed by atoms with E-state index in [0.717, 1.165) is 103 Å². The molecule has 75 heavy (non-hydrogen) atoms. The van der Waals surface area contributed by atoms with E-state index >= 15 is 0 Å². The van der Waals surface area contributed by atoms with Crippen LogP contribution >= 0.6 is 0 Å². The molecule has 0 saturated heterocycles. The Hall–Kier alpha value is -2.89. The molecule has 6 heteroatoms. The molecule has 0 aliphatic rings.